The lowest BCUT2D eigenvalue weighted by Gasteiger charge is -2.22. The van der Waals surface area contributed by atoms with Crippen LogP contribution in [0.3, 0.4) is 0 Å². The standard InChI is InChI=1S/C27H30ClFN6O4/c1-3-33-25-23(26(36)34(27(33)37)12-6-14-39-21-7-4-5-13-38-21)35(16-18-8-10-19(29)11-9-18)24(32-25)22-17(2)31-20(28)15-30-22/h8-11,15,21H,3-7,12-14,16H2,1-2H3. The fraction of sp³-hybridized carbons (Fsp3) is 0.444. The van der Waals surface area contributed by atoms with Crippen molar-refractivity contribution in [1.82, 2.24) is 28.7 Å². The zero-order valence-corrected chi connectivity index (χ0v) is 22.7. The second kappa shape index (κ2) is 11.8. The molecule has 0 saturated carbocycles. The normalized spacial score (nSPS) is 15.7. The Balaban J connectivity index is 1.60. The molecule has 4 heterocycles. The van der Waals surface area contributed by atoms with Gasteiger partial charge in [0.15, 0.2) is 23.3 Å². The molecular formula is C27H30ClFN6O4. The van der Waals surface area contributed by atoms with Crippen molar-refractivity contribution in [3.05, 3.63) is 73.5 Å². The maximum Gasteiger partial charge on any atom is 0.332 e. The van der Waals surface area contributed by atoms with Gasteiger partial charge in [-0.2, -0.15) is 0 Å². The lowest BCUT2D eigenvalue weighted by molar-refractivity contribution is -0.163. The summed E-state index contributed by atoms with van der Waals surface area (Å²) in [6, 6.07) is 6.00. The van der Waals surface area contributed by atoms with Gasteiger partial charge in [-0.05, 0) is 57.2 Å². The Morgan fingerprint density at radius 1 is 1.13 bits per heavy atom. The van der Waals surface area contributed by atoms with Crippen LogP contribution in [0.5, 0.6) is 0 Å². The summed E-state index contributed by atoms with van der Waals surface area (Å²) in [5.41, 5.74) is 1.30. The first-order valence-electron chi connectivity index (χ1n) is 13.1. The molecule has 0 spiro atoms. The lowest BCUT2D eigenvalue weighted by atomic mass is 10.2. The minimum atomic E-state index is -0.464. The molecule has 12 heteroatoms. The Morgan fingerprint density at radius 2 is 1.92 bits per heavy atom. The Hall–Kier alpha value is -3.41. The van der Waals surface area contributed by atoms with Crippen LogP contribution >= 0.6 is 11.6 Å². The molecule has 1 aliphatic rings. The Labute approximate surface area is 229 Å². The van der Waals surface area contributed by atoms with Crippen LogP contribution in [0.25, 0.3) is 22.7 Å². The number of benzene rings is 1. The number of hydrogen-bond acceptors (Lipinski definition) is 7. The number of aromatic nitrogens is 6. The molecule has 39 heavy (non-hydrogen) atoms. The van der Waals surface area contributed by atoms with E-state index in [0.717, 1.165) is 24.8 Å². The molecule has 1 aliphatic heterocycles. The summed E-state index contributed by atoms with van der Waals surface area (Å²) in [6.07, 6.45) is 4.55. The van der Waals surface area contributed by atoms with E-state index in [2.05, 4.69) is 9.97 Å². The molecule has 4 aromatic rings. The van der Waals surface area contributed by atoms with Crippen LogP contribution in [0, 0.1) is 12.7 Å². The van der Waals surface area contributed by atoms with Crippen LogP contribution in [0.1, 0.15) is 43.9 Å². The topological polar surface area (TPSA) is 106 Å². The zero-order valence-electron chi connectivity index (χ0n) is 21.9. The largest absolute Gasteiger partial charge is 0.353 e. The molecule has 5 rings (SSSR count). The third-order valence-electron chi connectivity index (χ3n) is 6.78. The van der Waals surface area contributed by atoms with Gasteiger partial charge in [0.2, 0.25) is 0 Å². The summed E-state index contributed by atoms with van der Waals surface area (Å²) >= 11 is 6.04. The van der Waals surface area contributed by atoms with Crippen LogP contribution in [0.2, 0.25) is 5.15 Å². The van der Waals surface area contributed by atoms with Crippen LogP contribution in [-0.4, -0.2) is 48.2 Å². The van der Waals surface area contributed by atoms with E-state index in [1.807, 2.05) is 6.92 Å². The van der Waals surface area contributed by atoms with E-state index in [1.54, 1.807) is 23.6 Å². The van der Waals surface area contributed by atoms with Gasteiger partial charge in [-0.15, -0.1) is 0 Å². The Kier molecular flexibility index (Phi) is 8.20. The van der Waals surface area contributed by atoms with E-state index < -0.39 is 11.2 Å². The first-order chi connectivity index (χ1) is 18.9. The maximum absolute atomic E-state index is 13.9. The summed E-state index contributed by atoms with van der Waals surface area (Å²) in [7, 11) is 0. The van der Waals surface area contributed by atoms with Crippen molar-refractivity contribution in [2.45, 2.75) is 65.5 Å². The molecule has 1 atom stereocenters. The van der Waals surface area contributed by atoms with Gasteiger partial charge in [0, 0.05) is 26.2 Å². The number of aryl methyl sites for hydroxylation is 2. The van der Waals surface area contributed by atoms with Gasteiger partial charge in [-0.3, -0.25) is 13.9 Å². The summed E-state index contributed by atoms with van der Waals surface area (Å²) in [4.78, 5) is 40.7. The van der Waals surface area contributed by atoms with Crippen LogP contribution in [-0.2, 0) is 29.1 Å². The highest BCUT2D eigenvalue weighted by Crippen LogP contribution is 2.25. The van der Waals surface area contributed by atoms with Crippen molar-refractivity contribution in [2.24, 2.45) is 0 Å². The van der Waals surface area contributed by atoms with E-state index in [9.17, 15) is 14.0 Å². The van der Waals surface area contributed by atoms with Gasteiger partial charge >= 0.3 is 5.69 Å². The molecule has 3 aromatic heterocycles. The van der Waals surface area contributed by atoms with Crippen molar-refractivity contribution in [3.8, 4) is 11.5 Å². The quantitative estimate of drug-likeness (QED) is 0.288. The molecule has 1 aromatic carbocycles. The fourth-order valence-corrected chi connectivity index (χ4v) is 5.01. The predicted molar refractivity (Wildman–Crippen MR) is 144 cm³/mol. The summed E-state index contributed by atoms with van der Waals surface area (Å²) < 4.78 is 29.4. The molecule has 0 amide bonds. The molecule has 206 valence electrons. The Morgan fingerprint density at radius 3 is 2.62 bits per heavy atom. The number of ether oxygens (including phenoxy) is 2. The van der Waals surface area contributed by atoms with Crippen molar-refractivity contribution >= 4 is 22.8 Å². The van der Waals surface area contributed by atoms with Crippen LogP contribution in [0.4, 0.5) is 4.39 Å². The first-order valence-corrected chi connectivity index (χ1v) is 13.5. The Bertz CT molecular complexity index is 1590. The highest BCUT2D eigenvalue weighted by molar-refractivity contribution is 6.29. The number of fused-ring (bicyclic) bond motifs is 1. The van der Waals surface area contributed by atoms with Crippen molar-refractivity contribution in [2.75, 3.05) is 13.2 Å². The maximum atomic E-state index is 13.9. The first kappa shape index (κ1) is 27.2. The number of nitrogens with zero attached hydrogens (tertiary/aromatic N) is 6. The van der Waals surface area contributed by atoms with Gasteiger partial charge in [0.1, 0.15) is 16.7 Å². The van der Waals surface area contributed by atoms with Crippen molar-refractivity contribution in [3.63, 3.8) is 0 Å². The third kappa shape index (κ3) is 5.66. The van der Waals surface area contributed by atoms with E-state index in [1.165, 1.54) is 27.5 Å². The smallest absolute Gasteiger partial charge is 0.332 e. The lowest BCUT2D eigenvalue weighted by Crippen LogP contribution is -2.40. The van der Waals surface area contributed by atoms with Gasteiger partial charge in [0.25, 0.3) is 5.56 Å². The van der Waals surface area contributed by atoms with Crippen molar-refractivity contribution in [1.29, 1.82) is 0 Å². The summed E-state index contributed by atoms with van der Waals surface area (Å²) in [5.74, 6) is 0.00196. The predicted octanol–water partition coefficient (Wildman–Crippen LogP) is 3.92. The summed E-state index contributed by atoms with van der Waals surface area (Å²) in [6.45, 7) is 5.30. The SMILES string of the molecule is CCn1c(=O)n(CCCOC2CCCCO2)c(=O)c2c1nc(-c1ncc(Cl)nc1C)n2Cc1ccc(F)cc1. The molecule has 1 unspecified atom stereocenters. The van der Waals surface area contributed by atoms with Gasteiger partial charge in [0.05, 0.1) is 18.5 Å². The van der Waals surface area contributed by atoms with E-state index >= 15 is 0 Å². The van der Waals surface area contributed by atoms with Gasteiger partial charge in [-0.25, -0.2) is 24.1 Å². The molecular weight excluding hydrogens is 527 g/mol. The minimum Gasteiger partial charge on any atom is -0.353 e. The monoisotopic (exact) mass is 556 g/mol. The molecule has 0 bridgehead atoms. The average Bonchev–Trinajstić information content (AvgIpc) is 3.29. The minimum absolute atomic E-state index is 0.178. The van der Waals surface area contributed by atoms with Crippen LogP contribution < -0.4 is 11.2 Å². The van der Waals surface area contributed by atoms with Gasteiger partial charge in [-0.1, -0.05) is 23.7 Å². The highest BCUT2D eigenvalue weighted by Gasteiger charge is 2.24. The van der Waals surface area contributed by atoms with E-state index in [-0.39, 0.29) is 41.5 Å². The zero-order chi connectivity index (χ0) is 27.5. The molecule has 0 radical (unpaired) electrons. The second-order valence-electron chi connectivity index (χ2n) is 9.45. The average molecular weight is 557 g/mol. The number of rotatable bonds is 9. The van der Waals surface area contributed by atoms with Crippen molar-refractivity contribution < 1.29 is 13.9 Å². The third-order valence-corrected chi connectivity index (χ3v) is 6.96. The fourth-order valence-electron chi connectivity index (χ4n) is 4.83. The van der Waals surface area contributed by atoms with Gasteiger partial charge < -0.3 is 14.0 Å². The molecule has 10 nitrogen and oxygen atoms in total. The summed E-state index contributed by atoms with van der Waals surface area (Å²) in [5, 5.41) is 0.228. The number of halogens is 2. The molecule has 1 saturated heterocycles. The second-order valence-corrected chi connectivity index (χ2v) is 9.84. The van der Waals surface area contributed by atoms with E-state index in [4.69, 9.17) is 26.1 Å². The number of imidazole rings is 1. The molecule has 0 N–H and O–H groups in total. The van der Waals surface area contributed by atoms with Crippen LogP contribution in [0.15, 0.2) is 40.1 Å². The van der Waals surface area contributed by atoms with E-state index in [0.29, 0.717) is 43.4 Å². The molecule has 1 fully saturated rings. The highest BCUT2D eigenvalue weighted by atomic mass is 35.5. The molecule has 0 aliphatic carbocycles. The number of hydrogen-bond donors (Lipinski definition) is 0.